The summed E-state index contributed by atoms with van der Waals surface area (Å²) in [7, 11) is 0. The van der Waals surface area contributed by atoms with E-state index in [2.05, 4.69) is 22.2 Å². The Morgan fingerprint density at radius 2 is 2.20 bits per heavy atom. The first-order valence-corrected chi connectivity index (χ1v) is 9.03. The van der Waals surface area contributed by atoms with Crippen LogP contribution in [0.1, 0.15) is 36.7 Å². The van der Waals surface area contributed by atoms with Crippen molar-refractivity contribution in [2.75, 3.05) is 26.2 Å². The summed E-state index contributed by atoms with van der Waals surface area (Å²) >= 11 is 0. The lowest BCUT2D eigenvalue weighted by Crippen LogP contribution is -2.66. The van der Waals surface area contributed by atoms with Gasteiger partial charge in [0.2, 0.25) is 5.91 Å². The predicted octanol–water partition coefficient (Wildman–Crippen LogP) is 0.870. The maximum Gasteiger partial charge on any atom is 0.271 e. The first-order valence-electron chi connectivity index (χ1n) is 9.03. The zero-order valence-electron chi connectivity index (χ0n) is 14.5. The lowest BCUT2D eigenvalue weighted by molar-refractivity contribution is -0.189. The fourth-order valence-corrected chi connectivity index (χ4v) is 3.78. The minimum Gasteiger partial charge on any atom is -0.371 e. The van der Waals surface area contributed by atoms with Crippen molar-refractivity contribution in [2.24, 2.45) is 17.8 Å². The molecule has 3 aliphatic rings. The van der Waals surface area contributed by atoms with Crippen molar-refractivity contribution in [1.29, 1.82) is 0 Å². The molecule has 1 spiro atoms. The molecule has 4 rings (SSSR count). The molecule has 1 aliphatic carbocycles. The van der Waals surface area contributed by atoms with Crippen molar-refractivity contribution in [3.05, 3.63) is 24.3 Å². The van der Waals surface area contributed by atoms with Gasteiger partial charge in [0.15, 0.2) is 0 Å². The molecule has 1 aromatic rings. The first-order chi connectivity index (χ1) is 12.1. The van der Waals surface area contributed by atoms with Crippen LogP contribution in [0.2, 0.25) is 0 Å². The van der Waals surface area contributed by atoms with Crippen LogP contribution in [0.4, 0.5) is 0 Å². The van der Waals surface area contributed by atoms with Crippen LogP contribution in [0, 0.1) is 17.8 Å². The number of amides is 2. The highest BCUT2D eigenvalue weighted by atomic mass is 16.5. The fourth-order valence-electron chi connectivity index (χ4n) is 3.78. The summed E-state index contributed by atoms with van der Waals surface area (Å²) in [4.78, 5) is 34.1. The Kier molecular flexibility index (Phi) is 4.19. The molecule has 2 saturated heterocycles. The number of rotatable bonds is 4. The highest BCUT2D eigenvalue weighted by Crippen LogP contribution is 2.43. The summed E-state index contributed by atoms with van der Waals surface area (Å²) in [6, 6.07) is 0. The standard InChI is InChI=1S/C18H24N4O3/c1-12-6-14(12)17(24)22-10-18(11-22)3-2-13(9-25-18)7-21-16(23)15-8-19-4-5-20-15/h4-5,8,12-14H,2-3,6-7,9-11H2,1H3,(H,21,23)/t12-,13-,14-/m1/s1. The molecule has 0 radical (unpaired) electrons. The number of aromatic nitrogens is 2. The first kappa shape index (κ1) is 16.4. The number of nitrogens with one attached hydrogen (secondary N) is 1. The van der Waals surface area contributed by atoms with Crippen molar-refractivity contribution in [2.45, 2.75) is 31.8 Å². The molecule has 7 heteroatoms. The van der Waals surface area contributed by atoms with Gasteiger partial charge >= 0.3 is 0 Å². The van der Waals surface area contributed by atoms with Crippen LogP contribution in [-0.4, -0.2) is 58.5 Å². The van der Waals surface area contributed by atoms with Gasteiger partial charge in [0, 0.05) is 24.9 Å². The van der Waals surface area contributed by atoms with E-state index >= 15 is 0 Å². The van der Waals surface area contributed by atoms with Gasteiger partial charge in [-0.15, -0.1) is 0 Å². The average Bonchev–Trinajstić information content (AvgIpc) is 3.35. The van der Waals surface area contributed by atoms with Crippen LogP contribution in [0.15, 0.2) is 18.6 Å². The molecule has 1 aromatic heterocycles. The van der Waals surface area contributed by atoms with Gasteiger partial charge in [-0.3, -0.25) is 14.6 Å². The molecule has 0 bridgehead atoms. The largest absolute Gasteiger partial charge is 0.371 e. The normalized spacial score (nSPS) is 29.8. The molecule has 3 fully saturated rings. The Hall–Kier alpha value is -2.02. The topological polar surface area (TPSA) is 84.4 Å². The van der Waals surface area contributed by atoms with Crippen LogP contribution in [0.25, 0.3) is 0 Å². The second kappa shape index (κ2) is 6.37. The van der Waals surface area contributed by atoms with E-state index < -0.39 is 0 Å². The number of carbonyl (C=O) groups is 2. The molecule has 134 valence electrons. The van der Waals surface area contributed by atoms with Crippen LogP contribution in [-0.2, 0) is 9.53 Å². The van der Waals surface area contributed by atoms with E-state index in [9.17, 15) is 9.59 Å². The monoisotopic (exact) mass is 344 g/mol. The number of hydrogen-bond donors (Lipinski definition) is 1. The Morgan fingerprint density at radius 1 is 1.40 bits per heavy atom. The van der Waals surface area contributed by atoms with Crippen LogP contribution < -0.4 is 5.32 Å². The summed E-state index contributed by atoms with van der Waals surface area (Å²) < 4.78 is 6.09. The SMILES string of the molecule is C[C@@H]1C[C@H]1C(=O)N1CC2(CC[C@H](CNC(=O)c3cnccn3)CO2)C1. The maximum absolute atomic E-state index is 12.2. The van der Waals surface area contributed by atoms with Crippen LogP contribution in [0.3, 0.4) is 0 Å². The molecule has 2 amide bonds. The zero-order chi connectivity index (χ0) is 17.4. The number of carbonyl (C=O) groups excluding carboxylic acids is 2. The minimum absolute atomic E-state index is 0.140. The fraction of sp³-hybridized carbons (Fsp3) is 0.667. The van der Waals surface area contributed by atoms with E-state index in [0.29, 0.717) is 36.6 Å². The Bertz CT molecular complexity index is 650. The lowest BCUT2D eigenvalue weighted by atomic mass is 9.82. The number of hydrogen-bond acceptors (Lipinski definition) is 5. The maximum atomic E-state index is 12.2. The van der Waals surface area contributed by atoms with Gasteiger partial charge in [0.25, 0.3) is 5.91 Å². The number of likely N-dealkylation sites (tertiary alicyclic amines) is 1. The highest BCUT2D eigenvalue weighted by molar-refractivity contribution is 5.91. The van der Waals surface area contributed by atoms with Crippen molar-refractivity contribution in [3.8, 4) is 0 Å². The van der Waals surface area contributed by atoms with Gasteiger partial charge in [-0.25, -0.2) is 4.98 Å². The average molecular weight is 344 g/mol. The van der Waals surface area contributed by atoms with Gasteiger partial charge in [-0.05, 0) is 31.1 Å². The van der Waals surface area contributed by atoms with Crippen molar-refractivity contribution < 1.29 is 14.3 Å². The molecule has 25 heavy (non-hydrogen) atoms. The number of nitrogens with zero attached hydrogens (tertiary/aromatic N) is 3. The van der Waals surface area contributed by atoms with E-state index in [4.69, 9.17) is 4.74 Å². The van der Waals surface area contributed by atoms with Crippen molar-refractivity contribution in [1.82, 2.24) is 20.2 Å². The second-order valence-corrected chi connectivity index (χ2v) is 7.71. The Labute approximate surface area is 147 Å². The van der Waals surface area contributed by atoms with Gasteiger partial charge in [0.05, 0.1) is 25.9 Å². The van der Waals surface area contributed by atoms with Crippen LogP contribution >= 0.6 is 0 Å². The summed E-state index contributed by atoms with van der Waals surface area (Å²) in [5.41, 5.74) is 0.192. The van der Waals surface area contributed by atoms with E-state index in [-0.39, 0.29) is 17.4 Å². The quantitative estimate of drug-likeness (QED) is 0.876. The molecule has 1 saturated carbocycles. The molecular formula is C18H24N4O3. The molecule has 2 aliphatic heterocycles. The molecule has 1 N–H and O–H groups in total. The van der Waals surface area contributed by atoms with E-state index in [1.807, 2.05) is 4.90 Å². The third kappa shape index (κ3) is 3.38. The lowest BCUT2D eigenvalue weighted by Gasteiger charge is -2.53. The molecule has 0 aromatic carbocycles. The highest BCUT2D eigenvalue weighted by Gasteiger charge is 2.52. The van der Waals surface area contributed by atoms with Crippen LogP contribution in [0.5, 0.6) is 0 Å². The second-order valence-electron chi connectivity index (χ2n) is 7.71. The molecule has 0 unspecified atom stereocenters. The third-order valence-corrected chi connectivity index (χ3v) is 5.68. The summed E-state index contributed by atoms with van der Waals surface area (Å²) in [5, 5.41) is 2.90. The molecule has 3 heterocycles. The number of ether oxygens (including phenoxy) is 1. The minimum atomic E-state index is -0.202. The molecule has 3 atom stereocenters. The van der Waals surface area contributed by atoms with Crippen molar-refractivity contribution >= 4 is 11.8 Å². The van der Waals surface area contributed by atoms with Gasteiger partial charge in [-0.2, -0.15) is 0 Å². The Balaban J connectivity index is 1.19. The summed E-state index contributed by atoms with van der Waals surface area (Å²) in [5.74, 6) is 1.22. The van der Waals surface area contributed by atoms with E-state index in [1.165, 1.54) is 12.4 Å². The summed E-state index contributed by atoms with van der Waals surface area (Å²) in [6.45, 7) is 4.80. The summed E-state index contributed by atoms with van der Waals surface area (Å²) in [6.07, 6.45) is 7.50. The smallest absolute Gasteiger partial charge is 0.271 e. The molecular weight excluding hydrogens is 320 g/mol. The molecule has 7 nitrogen and oxygen atoms in total. The predicted molar refractivity (Wildman–Crippen MR) is 89.6 cm³/mol. The van der Waals surface area contributed by atoms with Gasteiger partial charge < -0.3 is 15.0 Å². The zero-order valence-corrected chi connectivity index (χ0v) is 14.5. The van der Waals surface area contributed by atoms with E-state index in [0.717, 1.165) is 32.4 Å². The van der Waals surface area contributed by atoms with E-state index in [1.54, 1.807) is 6.20 Å². The van der Waals surface area contributed by atoms with Gasteiger partial charge in [0.1, 0.15) is 11.3 Å². The Morgan fingerprint density at radius 3 is 2.80 bits per heavy atom. The van der Waals surface area contributed by atoms with Gasteiger partial charge in [-0.1, -0.05) is 6.92 Å². The van der Waals surface area contributed by atoms with Crippen molar-refractivity contribution in [3.63, 3.8) is 0 Å². The third-order valence-electron chi connectivity index (χ3n) is 5.68.